The van der Waals surface area contributed by atoms with E-state index < -0.39 is 41.2 Å². The molecule has 0 radical (unpaired) electrons. The molecule has 0 saturated carbocycles. The monoisotopic (exact) mass is 377 g/mol. The summed E-state index contributed by atoms with van der Waals surface area (Å²) in [4.78, 5) is 3.84. The van der Waals surface area contributed by atoms with Crippen molar-refractivity contribution in [2.45, 2.75) is 31.2 Å². The number of hydrogen-bond donors (Lipinski definition) is 2. The van der Waals surface area contributed by atoms with Crippen molar-refractivity contribution >= 4 is 17.2 Å². The van der Waals surface area contributed by atoms with E-state index in [9.17, 15) is 26.3 Å². The number of amidine groups is 1. The van der Waals surface area contributed by atoms with E-state index in [1.54, 1.807) is 0 Å². The molecule has 1 aromatic carbocycles. The first-order valence-electron chi connectivity index (χ1n) is 7.17. The first-order valence-corrected chi connectivity index (χ1v) is 7.17. The van der Waals surface area contributed by atoms with E-state index >= 15 is 0 Å². The minimum Gasteiger partial charge on any atom is -0.342 e. The molecule has 0 aromatic heterocycles. The number of benzene rings is 1. The van der Waals surface area contributed by atoms with Gasteiger partial charge in [-0.1, -0.05) is 0 Å². The molecule has 0 fully saturated rings. The zero-order valence-corrected chi connectivity index (χ0v) is 13.5. The number of halogens is 6. The van der Waals surface area contributed by atoms with E-state index in [-0.39, 0.29) is 11.5 Å². The molecule has 1 unspecified atom stereocenters. The van der Waals surface area contributed by atoms with Crippen molar-refractivity contribution < 1.29 is 26.3 Å². The molecule has 1 atom stereocenters. The van der Waals surface area contributed by atoms with Crippen molar-refractivity contribution in [3.05, 3.63) is 29.3 Å². The van der Waals surface area contributed by atoms with Crippen LogP contribution in [0.4, 0.5) is 32.0 Å². The fourth-order valence-electron chi connectivity index (χ4n) is 2.44. The van der Waals surface area contributed by atoms with Gasteiger partial charge in [-0.05, 0) is 25.1 Å². The molecule has 0 bridgehead atoms. The maximum Gasteiger partial charge on any atom is 0.431 e. The van der Waals surface area contributed by atoms with Gasteiger partial charge in [0.05, 0.1) is 17.2 Å². The number of aliphatic imine (C=N–C) groups is 1. The third-order valence-electron chi connectivity index (χ3n) is 3.74. The fraction of sp³-hybridized carbons (Fsp3) is 0.400. The van der Waals surface area contributed by atoms with Gasteiger partial charge in [-0.25, -0.2) is 0 Å². The van der Waals surface area contributed by atoms with Crippen LogP contribution < -0.4 is 10.7 Å². The highest BCUT2D eigenvalue weighted by atomic mass is 19.4. The van der Waals surface area contributed by atoms with E-state index in [0.717, 1.165) is 6.07 Å². The number of nitrogens with one attached hydrogen (secondary N) is 2. The van der Waals surface area contributed by atoms with Crippen LogP contribution in [0.1, 0.15) is 24.5 Å². The highest BCUT2D eigenvalue weighted by molar-refractivity contribution is 6.07. The van der Waals surface area contributed by atoms with Crippen molar-refractivity contribution in [1.29, 1.82) is 5.26 Å². The summed E-state index contributed by atoms with van der Waals surface area (Å²) >= 11 is 0. The fourth-order valence-corrected chi connectivity index (χ4v) is 2.44. The Morgan fingerprint density at radius 2 is 1.92 bits per heavy atom. The number of alkyl halides is 6. The normalized spacial score (nSPS) is 21.0. The molecule has 0 saturated heterocycles. The molecule has 1 aliphatic rings. The lowest BCUT2D eigenvalue weighted by atomic mass is 9.94. The quantitative estimate of drug-likeness (QED) is 0.469. The van der Waals surface area contributed by atoms with Crippen LogP contribution >= 0.6 is 0 Å². The van der Waals surface area contributed by atoms with Gasteiger partial charge in [0.25, 0.3) is 0 Å². The largest absolute Gasteiger partial charge is 0.431 e. The molecular formula is C15H13F6N5. The van der Waals surface area contributed by atoms with Gasteiger partial charge in [-0.3, -0.25) is 10.4 Å². The Bertz CT molecular complexity index is 802. The van der Waals surface area contributed by atoms with Gasteiger partial charge in [-0.15, -0.1) is 0 Å². The van der Waals surface area contributed by atoms with E-state index in [2.05, 4.69) is 20.8 Å². The summed E-state index contributed by atoms with van der Waals surface area (Å²) in [5, 5.41) is 14.6. The predicted octanol–water partition coefficient (Wildman–Crippen LogP) is 3.69. The summed E-state index contributed by atoms with van der Waals surface area (Å²) in [5.74, 6) is -0.0293. The maximum absolute atomic E-state index is 13.0. The number of anilines is 1. The molecule has 1 aliphatic heterocycles. The van der Waals surface area contributed by atoms with Gasteiger partial charge in [-0.2, -0.15) is 36.7 Å². The van der Waals surface area contributed by atoms with E-state index in [1.165, 1.54) is 26.1 Å². The molecule has 0 amide bonds. The SMILES string of the molecule is C/N=C(/Nc1ccc(C#N)c(C(F)(F)F)c1)C1(C)CC(C(F)(F)F)=NN1. The summed E-state index contributed by atoms with van der Waals surface area (Å²) in [6.07, 6.45) is -9.92. The van der Waals surface area contributed by atoms with Gasteiger partial charge in [0.15, 0.2) is 0 Å². The highest BCUT2D eigenvalue weighted by Gasteiger charge is 2.47. The zero-order valence-electron chi connectivity index (χ0n) is 13.5. The van der Waals surface area contributed by atoms with Crippen molar-refractivity contribution in [1.82, 2.24) is 5.43 Å². The smallest absolute Gasteiger partial charge is 0.342 e. The molecule has 5 nitrogen and oxygen atoms in total. The number of hydrogen-bond acceptors (Lipinski definition) is 4. The van der Waals surface area contributed by atoms with E-state index in [1.807, 2.05) is 0 Å². The van der Waals surface area contributed by atoms with Crippen LogP contribution in [0.25, 0.3) is 0 Å². The molecule has 2 rings (SSSR count). The van der Waals surface area contributed by atoms with Crippen LogP contribution in [0.15, 0.2) is 28.3 Å². The minimum absolute atomic E-state index is 0.0293. The van der Waals surface area contributed by atoms with Gasteiger partial charge in [0.1, 0.15) is 17.1 Å². The lowest BCUT2D eigenvalue weighted by Crippen LogP contribution is -2.48. The first-order chi connectivity index (χ1) is 11.9. The third kappa shape index (κ3) is 3.89. The van der Waals surface area contributed by atoms with Crippen LogP contribution in [0.3, 0.4) is 0 Å². The number of nitriles is 1. The third-order valence-corrected chi connectivity index (χ3v) is 3.74. The van der Waals surface area contributed by atoms with Crippen molar-refractivity contribution in [2.24, 2.45) is 10.1 Å². The van der Waals surface area contributed by atoms with Crippen molar-refractivity contribution in [3.63, 3.8) is 0 Å². The number of hydrazone groups is 1. The number of rotatable bonds is 2. The Morgan fingerprint density at radius 3 is 2.38 bits per heavy atom. The topological polar surface area (TPSA) is 72.6 Å². The van der Waals surface area contributed by atoms with E-state index in [0.29, 0.717) is 6.07 Å². The molecule has 140 valence electrons. The Morgan fingerprint density at radius 1 is 1.27 bits per heavy atom. The van der Waals surface area contributed by atoms with Crippen LogP contribution in [0.2, 0.25) is 0 Å². The minimum atomic E-state index is -4.76. The molecule has 26 heavy (non-hydrogen) atoms. The van der Waals surface area contributed by atoms with Crippen LogP contribution in [-0.2, 0) is 6.18 Å². The second-order valence-corrected chi connectivity index (χ2v) is 5.74. The van der Waals surface area contributed by atoms with Crippen molar-refractivity contribution in [2.75, 3.05) is 12.4 Å². The summed E-state index contributed by atoms with van der Waals surface area (Å²) in [6.45, 7) is 1.39. The van der Waals surface area contributed by atoms with Gasteiger partial charge in [0, 0.05) is 19.2 Å². The van der Waals surface area contributed by atoms with Gasteiger partial charge < -0.3 is 5.32 Å². The molecule has 0 spiro atoms. The summed E-state index contributed by atoms with van der Waals surface area (Å²) in [6, 6.07) is 4.33. The van der Waals surface area contributed by atoms with Crippen LogP contribution in [0.5, 0.6) is 0 Å². The maximum atomic E-state index is 13.0. The molecule has 0 aliphatic carbocycles. The van der Waals surface area contributed by atoms with E-state index in [4.69, 9.17) is 5.26 Å². The molecule has 11 heteroatoms. The molecule has 1 heterocycles. The Labute approximate surface area is 144 Å². The first kappa shape index (κ1) is 19.6. The number of nitrogens with zero attached hydrogens (tertiary/aromatic N) is 3. The summed E-state index contributed by atoms with van der Waals surface area (Å²) in [7, 11) is 1.29. The standard InChI is InChI=1S/C15H13F6N5/c1-13(6-11(25-26-13)15(19,20)21)12(23-2)24-9-4-3-8(7-22)10(5-9)14(16,17)18/h3-5,26H,6H2,1-2H3,(H,23,24). The van der Waals surface area contributed by atoms with Crippen LogP contribution in [-0.4, -0.2) is 30.3 Å². The Kier molecular flexibility index (Phi) is 4.90. The molecule has 1 aromatic rings. The Hall–Kier alpha value is -2.77. The van der Waals surface area contributed by atoms with Gasteiger partial charge in [0.2, 0.25) is 0 Å². The zero-order chi connectivity index (χ0) is 19.8. The lowest BCUT2D eigenvalue weighted by Gasteiger charge is -2.27. The average Bonchev–Trinajstić information content (AvgIpc) is 2.95. The average molecular weight is 377 g/mol. The second-order valence-electron chi connectivity index (χ2n) is 5.74. The Balaban J connectivity index is 2.29. The summed E-state index contributed by atoms with van der Waals surface area (Å²) < 4.78 is 77.4. The highest BCUT2D eigenvalue weighted by Crippen LogP contribution is 2.34. The summed E-state index contributed by atoms with van der Waals surface area (Å²) in [5.41, 5.74) is -1.87. The van der Waals surface area contributed by atoms with Crippen molar-refractivity contribution in [3.8, 4) is 6.07 Å². The predicted molar refractivity (Wildman–Crippen MR) is 82.8 cm³/mol. The van der Waals surface area contributed by atoms with Crippen LogP contribution in [0, 0.1) is 11.3 Å². The lowest BCUT2D eigenvalue weighted by molar-refractivity contribution is -0.137. The molecular weight excluding hydrogens is 364 g/mol. The molecule has 2 N–H and O–H groups in total. The van der Waals surface area contributed by atoms with Gasteiger partial charge >= 0.3 is 12.4 Å². The second kappa shape index (κ2) is 6.51.